The molecule has 3 aromatic heterocycles. The van der Waals surface area contributed by atoms with Crippen molar-refractivity contribution in [2.45, 2.75) is 13.8 Å². The molecule has 0 fully saturated rings. The van der Waals surface area contributed by atoms with E-state index in [1.807, 2.05) is 50.2 Å². The third kappa shape index (κ3) is 3.05. The predicted octanol–water partition coefficient (Wildman–Crippen LogP) is 4.86. The summed E-state index contributed by atoms with van der Waals surface area (Å²) in [4.78, 5) is 2.06. The van der Waals surface area contributed by atoms with Crippen molar-refractivity contribution in [2.75, 3.05) is 0 Å². The molecule has 0 atom stereocenters. The van der Waals surface area contributed by atoms with E-state index in [4.69, 9.17) is 0 Å². The maximum Gasteiger partial charge on any atom is 0.178 e. The third-order valence-corrected chi connectivity index (χ3v) is 5.80. The summed E-state index contributed by atoms with van der Waals surface area (Å²) < 4.78 is 4.14. The Kier molecular flexibility index (Phi) is 4.29. The molecule has 0 radical (unpaired) electrons. The van der Waals surface area contributed by atoms with Gasteiger partial charge < -0.3 is 0 Å². The van der Waals surface area contributed by atoms with Crippen LogP contribution in [0.25, 0.3) is 32.8 Å². The molecule has 2 aromatic carbocycles. The molecule has 3 heterocycles. The minimum absolute atomic E-state index is 0.826. The van der Waals surface area contributed by atoms with Gasteiger partial charge in [0.25, 0.3) is 0 Å². The smallest absolute Gasteiger partial charge is 0.178 e. The molecular weight excluding hydrogens is 380 g/mol. The van der Waals surface area contributed by atoms with Crippen LogP contribution in [0.3, 0.4) is 0 Å². The van der Waals surface area contributed by atoms with Crippen LogP contribution in [-0.2, 0) is 0 Å². The fourth-order valence-corrected chi connectivity index (χ4v) is 4.35. The van der Waals surface area contributed by atoms with Crippen LogP contribution in [0.4, 0.5) is 0 Å². The Morgan fingerprint density at radius 2 is 0.966 bits per heavy atom. The lowest BCUT2D eigenvalue weighted by Crippen LogP contribution is -1.99. The molecular formula is C22H18N6S. The Morgan fingerprint density at radius 1 is 0.552 bits per heavy atom. The summed E-state index contributed by atoms with van der Waals surface area (Å²) in [6, 6.07) is 24.5. The Morgan fingerprint density at radius 3 is 1.38 bits per heavy atom. The fourth-order valence-electron chi connectivity index (χ4n) is 3.39. The number of thiophene rings is 1. The number of nitrogens with zero attached hydrogens (tertiary/aromatic N) is 6. The number of hydrogen-bond acceptors (Lipinski definition) is 5. The summed E-state index contributed by atoms with van der Waals surface area (Å²) in [5.74, 6) is 3.36. The lowest BCUT2D eigenvalue weighted by atomic mass is 10.3. The summed E-state index contributed by atoms with van der Waals surface area (Å²) in [6.45, 7) is 3.93. The van der Waals surface area contributed by atoms with Crippen molar-refractivity contribution in [2.24, 2.45) is 0 Å². The molecule has 0 aliphatic rings. The highest BCUT2D eigenvalue weighted by atomic mass is 32.1. The van der Waals surface area contributed by atoms with E-state index in [9.17, 15) is 0 Å². The zero-order valence-electron chi connectivity index (χ0n) is 16.0. The normalized spacial score (nSPS) is 11.1. The second-order valence-electron chi connectivity index (χ2n) is 6.65. The monoisotopic (exact) mass is 398 g/mol. The molecule has 29 heavy (non-hydrogen) atoms. The number of aryl methyl sites for hydroxylation is 2. The van der Waals surface area contributed by atoms with Crippen LogP contribution in [0.15, 0.2) is 72.8 Å². The SMILES string of the molecule is Cc1nnc(-c2ccc(-c3nnc(C)n3-c3ccccc3)s2)n1-c1ccccc1. The van der Waals surface area contributed by atoms with Gasteiger partial charge in [-0.1, -0.05) is 36.4 Å². The van der Waals surface area contributed by atoms with E-state index in [-0.39, 0.29) is 0 Å². The number of benzene rings is 2. The lowest BCUT2D eigenvalue weighted by molar-refractivity contribution is 0.972. The molecule has 0 N–H and O–H groups in total. The molecule has 0 unspecified atom stereocenters. The predicted molar refractivity (Wildman–Crippen MR) is 114 cm³/mol. The van der Waals surface area contributed by atoms with Crippen molar-refractivity contribution >= 4 is 11.3 Å². The summed E-state index contributed by atoms with van der Waals surface area (Å²) in [5, 5.41) is 17.5. The van der Waals surface area contributed by atoms with Crippen LogP contribution in [-0.4, -0.2) is 29.5 Å². The Hall–Kier alpha value is -3.58. The van der Waals surface area contributed by atoms with Gasteiger partial charge in [0.05, 0.1) is 9.75 Å². The number of aromatic nitrogens is 6. The molecule has 0 aliphatic carbocycles. The fraction of sp³-hybridized carbons (Fsp3) is 0.0909. The Balaban J connectivity index is 1.60. The molecule has 0 amide bonds. The molecule has 0 aliphatic heterocycles. The van der Waals surface area contributed by atoms with Crippen molar-refractivity contribution < 1.29 is 0 Å². The molecule has 0 spiro atoms. The quantitative estimate of drug-likeness (QED) is 0.434. The summed E-state index contributed by atoms with van der Waals surface area (Å²) in [7, 11) is 0. The molecule has 7 heteroatoms. The minimum Gasteiger partial charge on any atom is -0.279 e. The standard InChI is InChI=1S/C22H18N6S/c1-15-23-25-21(27(15)17-9-5-3-6-10-17)19-13-14-20(29-19)22-26-24-16(2)28(22)18-11-7-4-8-12-18/h3-14H,1-2H3. The average molecular weight is 398 g/mol. The van der Waals surface area contributed by atoms with Gasteiger partial charge in [0.2, 0.25) is 0 Å². The Labute approximate surface area is 172 Å². The van der Waals surface area contributed by atoms with Gasteiger partial charge in [-0.05, 0) is 50.2 Å². The largest absolute Gasteiger partial charge is 0.279 e. The molecule has 6 nitrogen and oxygen atoms in total. The first kappa shape index (κ1) is 17.5. The first-order valence-electron chi connectivity index (χ1n) is 9.28. The van der Waals surface area contributed by atoms with E-state index < -0.39 is 0 Å². The highest BCUT2D eigenvalue weighted by Gasteiger charge is 2.18. The van der Waals surface area contributed by atoms with Gasteiger partial charge in [0.1, 0.15) is 11.6 Å². The van der Waals surface area contributed by atoms with Gasteiger partial charge in [-0.25, -0.2) is 0 Å². The second-order valence-corrected chi connectivity index (χ2v) is 7.73. The second kappa shape index (κ2) is 7.10. The van der Waals surface area contributed by atoms with Crippen LogP contribution in [0, 0.1) is 13.8 Å². The molecule has 0 bridgehead atoms. The average Bonchev–Trinajstić information content (AvgIpc) is 3.47. The lowest BCUT2D eigenvalue weighted by Gasteiger charge is -2.08. The van der Waals surface area contributed by atoms with Crippen LogP contribution >= 0.6 is 11.3 Å². The van der Waals surface area contributed by atoms with Gasteiger partial charge >= 0.3 is 0 Å². The molecule has 0 saturated heterocycles. The molecule has 0 saturated carbocycles. The summed E-state index contributed by atoms with van der Waals surface area (Å²) in [5.41, 5.74) is 2.09. The first-order valence-corrected chi connectivity index (χ1v) is 10.1. The van der Waals surface area contributed by atoms with Gasteiger partial charge in [-0.2, -0.15) is 0 Å². The van der Waals surface area contributed by atoms with E-state index >= 15 is 0 Å². The first-order chi connectivity index (χ1) is 14.2. The highest BCUT2D eigenvalue weighted by molar-refractivity contribution is 7.18. The third-order valence-electron chi connectivity index (χ3n) is 4.73. The summed E-state index contributed by atoms with van der Waals surface area (Å²) in [6.07, 6.45) is 0. The molecule has 142 valence electrons. The Bertz CT molecular complexity index is 1170. The maximum atomic E-state index is 4.44. The maximum absolute atomic E-state index is 4.44. The molecule has 5 aromatic rings. The van der Waals surface area contributed by atoms with E-state index in [1.165, 1.54) is 0 Å². The van der Waals surface area contributed by atoms with E-state index in [2.05, 4.69) is 65.9 Å². The van der Waals surface area contributed by atoms with E-state index in [1.54, 1.807) is 11.3 Å². The number of rotatable bonds is 4. The molecule has 5 rings (SSSR count). The van der Waals surface area contributed by atoms with Crippen molar-refractivity contribution in [3.05, 3.63) is 84.4 Å². The van der Waals surface area contributed by atoms with E-state index in [0.717, 1.165) is 44.4 Å². The van der Waals surface area contributed by atoms with Gasteiger partial charge in [0, 0.05) is 11.4 Å². The van der Waals surface area contributed by atoms with Crippen LogP contribution < -0.4 is 0 Å². The number of para-hydroxylation sites is 2. The van der Waals surface area contributed by atoms with Crippen molar-refractivity contribution in [3.8, 4) is 32.8 Å². The van der Waals surface area contributed by atoms with Gasteiger partial charge in [-0.15, -0.1) is 31.7 Å². The van der Waals surface area contributed by atoms with Crippen molar-refractivity contribution in [1.29, 1.82) is 0 Å². The minimum atomic E-state index is 0.826. The van der Waals surface area contributed by atoms with Crippen molar-refractivity contribution in [3.63, 3.8) is 0 Å². The number of hydrogen-bond donors (Lipinski definition) is 0. The van der Waals surface area contributed by atoms with Crippen LogP contribution in [0.5, 0.6) is 0 Å². The van der Waals surface area contributed by atoms with Crippen LogP contribution in [0.1, 0.15) is 11.6 Å². The van der Waals surface area contributed by atoms with E-state index in [0.29, 0.717) is 0 Å². The zero-order chi connectivity index (χ0) is 19.8. The highest BCUT2D eigenvalue weighted by Crippen LogP contribution is 2.35. The summed E-state index contributed by atoms with van der Waals surface area (Å²) >= 11 is 1.64. The van der Waals surface area contributed by atoms with Gasteiger partial charge in [-0.3, -0.25) is 9.13 Å². The topological polar surface area (TPSA) is 61.4 Å². The van der Waals surface area contributed by atoms with Gasteiger partial charge in [0.15, 0.2) is 11.6 Å². The zero-order valence-corrected chi connectivity index (χ0v) is 16.8. The van der Waals surface area contributed by atoms with Crippen molar-refractivity contribution in [1.82, 2.24) is 29.5 Å². The van der Waals surface area contributed by atoms with Crippen LogP contribution in [0.2, 0.25) is 0 Å².